The van der Waals surface area contributed by atoms with Crippen molar-refractivity contribution in [1.82, 2.24) is 4.90 Å². The van der Waals surface area contributed by atoms with E-state index in [1.807, 2.05) is 24.3 Å². The van der Waals surface area contributed by atoms with E-state index in [2.05, 4.69) is 38.0 Å². The highest BCUT2D eigenvalue weighted by atomic mass is 79.9. The molecule has 1 amide bonds. The van der Waals surface area contributed by atoms with Crippen LogP contribution in [0, 0.1) is 5.82 Å². The smallest absolute Gasteiger partial charge is 0.255 e. The molecule has 0 unspecified atom stereocenters. The Balaban J connectivity index is 1.63. The average molecular weight is 406 g/mol. The van der Waals surface area contributed by atoms with Crippen LogP contribution in [0.1, 0.15) is 17.3 Å². The number of rotatable bonds is 4. The third-order valence-electron chi connectivity index (χ3n) is 4.43. The van der Waals surface area contributed by atoms with E-state index in [1.165, 1.54) is 12.1 Å². The Hall–Kier alpha value is -1.92. The van der Waals surface area contributed by atoms with E-state index in [4.69, 9.17) is 0 Å². The molecule has 0 bridgehead atoms. The molecule has 6 heteroatoms. The van der Waals surface area contributed by atoms with Gasteiger partial charge in [-0.2, -0.15) is 0 Å². The molecule has 3 rings (SSSR count). The van der Waals surface area contributed by atoms with Crippen LogP contribution in [0.2, 0.25) is 0 Å². The van der Waals surface area contributed by atoms with Gasteiger partial charge in [-0.1, -0.05) is 22.9 Å². The molecule has 1 N–H and O–H groups in total. The number of anilines is 2. The monoisotopic (exact) mass is 405 g/mol. The van der Waals surface area contributed by atoms with Crippen molar-refractivity contribution >= 4 is 33.2 Å². The summed E-state index contributed by atoms with van der Waals surface area (Å²) >= 11 is 3.20. The highest BCUT2D eigenvalue weighted by Gasteiger charge is 2.16. The Bertz CT molecular complexity index is 723. The second-order valence-corrected chi connectivity index (χ2v) is 7.00. The fraction of sp³-hybridized carbons (Fsp3) is 0.316. The molecular weight excluding hydrogens is 385 g/mol. The van der Waals surface area contributed by atoms with Gasteiger partial charge in [-0.15, -0.1) is 0 Å². The number of nitrogens with zero attached hydrogens (tertiary/aromatic N) is 2. The number of nitrogens with one attached hydrogen (secondary N) is 1. The van der Waals surface area contributed by atoms with Crippen LogP contribution >= 0.6 is 15.9 Å². The number of carbonyl (C=O) groups is 1. The molecule has 1 saturated heterocycles. The maximum Gasteiger partial charge on any atom is 0.255 e. The molecule has 0 saturated carbocycles. The topological polar surface area (TPSA) is 35.6 Å². The number of likely N-dealkylation sites (N-methyl/N-ethyl adjacent to an activating group) is 1. The van der Waals surface area contributed by atoms with Crippen LogP contribution in [-0.2, 0) is 0 Å². The highest BCUT2D eigenvalue weighted by Crippen LogP contribution is 2.21. The second-order valence-electron chi connectivity index (χ2n) is 6.08. The zero-order valence-electron chi connectivity index (χ0n) is 14.1. The molecule has 132 valence electrons. The van der Waals surface area contributed by atoms with Crippen LogP contribution in [-0.4, -0.2) is 43.5 Å². The molecule has 0 aromatic heterocycles. The van der Waals surface area contributed by atoms with Crippen LogP contribution in [0.4, 0.5) is 15.8 Å². The summed E-state index contributed by atoms with van der Waals surface area (Å²) in [6.45, 7) is 7.44. The van der Waals surface area contributed by atoms with E-state index in [0.29, 0.717) is 10.2 Å². The Morgan fingerprint density at radius 2 is 1.80 bits per heavy atom. The quantitative estimate of drug-likeness (QED) is 0.835. The lowest BCUT2D eigenvalue weighted by Crippen LogP contribution is -2.46. The van der Waals surface area contributed by atoms with Crippen LogP contribution < -0.4 is 10.2 Å². The lowest BCUT2D eigenvalue weighted by atomic mass is 10.2. The molecule has 25 heavy (non-hydrogen) atoms. The number of piperazine rings is 1. The lowest BCUT2D eigenvalue weighted by molar-refractivity contribution is 0.102. The fourth-order valence-corrected chi connectivity index (χ4v) is 3.43. The summed E-state index contributed by atoms with van der Waals surface area (Å²) in [5.41, 5.74) is 2.13. The Kier molecular flexibility index (Phi) is 5.71. The second kappa shape index (κ2) is 7.97. The minimum atomic E-state index is -0.443. The predicted molar refractivity (Wildman–Crippen MR) is 103 cm³/mol. The molecule has 2 aromatic carbocycles. The van der Waals surface area contributed by atoms with E-state index < -0.39 is 5.82 Å². The first-order valence-electron chi connectivity index (χ1n) is 8.40. The van der Waals surface area contributed by atoms with Crippen molar-refractivity contribution in [3.8, 4) is 0 Å². The maximum atomic E-state index is 13.4. The van der Waals surface area contributed by atoms with Crippen LogP contribution in [0.3, 0.4) is 0 Å². The molecule has 1 aliphatic rings. The SMILES string of the molecule is CCN1CCN(c2ccc(NC(=O)c3cc(F)cc(Br)c3)cc2)CC1. The van der Waals surface area contributed by atoms with Crippen LogP contribution in [0.5, 0.6) is 0 Å². The first-order valence-corrected chi connectivity index (χ1v) is 9.19. The number of hydrogen-bond donors (Lipinski definition) is 1. The molecule has 1 aliphatic heterocycles. The summed E-state index contributed by atoms with van der Waals surface area (Å²) in [6.07, 6.45) is 0. The summed E-state index contributed by atoms with van der Waals surface area (Å²) in [7, 11) is 0. The number of amides is 1. The number of halogens is 2. The molecule has 0 aliphatic carbocycles. The summed E-state index contributed by atoms with van der Waals surface area (Å²) in [5.74, 6) is -0.773. The maximum absolute atomic E-state index is 13.4. The van der Waals surface area contributed by atoms with Crippen molar-refractivity contribution in [2.75, 3.05) is 42.9 Å². The molecule has 4 nitrogen and oxygen atoms in total. The molecule has 1 fully saturated rings. The van der Waals surface area contributed by atoms with Gasteiger partial charge in [0.15, 0.2) is 0 Å². The van der Waals surface area contributed by atoms with E-state index in [9.17, 15) is 9.18 Å². The van der Waals surface area contributed by atoms with E-state index in [-0.39, 0.29) is 11.5 Å². The molecule has 2 aromatic rings. The van der Waals surface area contributed by atoms with Gasteiger partial charge in [-0.05, 0) is 49.0 Å². The van der Waals surface area contributed by atoms with Crippen molar-refractivity contribution in [2.45, 2.75) is 6.92 Å². The van der Waals surface area contributed by atoms with Gasteiger partial charge in [-0.25, -0.2) is 4.39 Å². The first kappa shape index (κ1) is 17.9. The fourth-order valence-electron chi connectivity index (χ4n) is 2.97. The standard InChI is InChI=1S/C19H21BrFN3O/c1-2-23-7-9-24(10-8-23)18-5-3-17(4-6-18)22-19(25)14-11-15(20)13-16(21)12-14/h3-6,11-13H,2,7-10H2,1H3,(H,22,25). The third-order valence-corrected chi connectivity index (χ3v) is 4.89. The van der Waals surface area contributed by atoms with Crippen LogP contribution in [0.15, 0.2) is 46.9 Å². The lowest BCUT2D eigenvalue weighted by Gasteiger charge is -2.35. The van der Waals surface area contributed by atoms with Crippen molar-refractivity contribution in [3.05, 3.63) is 58.3 Å². The predicted octanol–water partition coefficient (Wildman–Crippen LogP) is 3.98. The van der Waals surface area contributed by atoms with Gasteiger partial charge in [0.2, 0.25) is 0 Å². The van der Waals surface area contributed by atoms with Crippen molar-refractivity contribution in [1.29, 1.82) is 0 Å². The summed E-state index contributed by atoms with van der Waals surface area (Å²) in [4.78, 5) is 17.0. The number of hydrogen-bond acceptors (Lipinski definition) is 3. The molecule has 0 atom stereocenters. The Morgan fingerprint density at radius 1 is 1.12 bits per heavy atom. The van der Waals surface area contributed by atoms with Gasteiger partial charge in [0, 0.05) is 47.6 Å². The Morgan fingerprint density at radius 3 is 2.40 bits per heavy atom. The number of benzene rings is 2. The normalized spacial score (nSPS) is 15.2. The molecule has 1 heterocycles. The van der Waals surface area contributed by atoms with Gasteiger partial charge in [0.1, 0.15) is 5.82 Å². The highest BCUT2D eigenvalue weighted by molar-refractivity contribution is 9.10. The minimum Gasteiger partial charge on any atom is -0.369 e. The third kappa shape index (κ3) is 4.58. The summed E-state index contributed by atoms with van der Waals surface area (Å²) in [6, 6.07) is 11.9. The molecular formula is C19H21BrFN3O. The zero-order chi connectivity index (χ0) is 17.8. The van der Waals surface area contributed by atoms with Gasteiger partial charge < -0.3 is 15.1 Å². The van der Waals surface area contributed by atoms with Crippen LogP contribution in [0.25, 0.3) is 0 Å². The average Bonchev–Trinajstić information content (AvgIpc) is 2.61. The van der Waals surface area contributed by atoms with Gasteiger partial charge in [0.05, 0.1) is 0 Å². The van der Waals surface area contributed by atoms with E-state index >= 15 is 0 Å². The summed E-state index contributed by atoms with van der Waals surface area (Å²) < 4.78 is 14.0. The number of carbonyl (C=O) groups excluding carboxylic acids is 1. The largest absolute Gasteiger partial charge is 0.369 e. The molecule has 0 spiro atoms. The summed E-state index contributed by atoms with van der Waals surface area (Å²) in [5, 5.41) is 2.81. The Labute approximate surface area is 155 Å². The molecule has 0 radical (unpaired) electrons. The first-order chi connectivity index (χ1) is 12.0. The minimum absolute atomic E-state index is 0.284. The van der Waals surface area contributed by atoms with Crippen molar-refractivity contribution in [2.24, 2.45) is 0 Å². The van der Waals surface area contributed by atoms with Crippen molar-refractivity contribution in [3.63, 3.8) is 0 Å². The van der Waals surface area contributed by atoms with Gasteiger partial charge in [-0.3, -0.25) is 4.79 Å². The van der Waals surface area contributed by atoms with Gasteiger partial charge >= 0.3 is 0 Å². The zero-order valence-corrected chi connectivity index (χ0v) is 15.7. The van der Waals surface area contributed by atoms with Gasteiger partial charge in [0.25, 0.3) is 5.91 Å². The van der Waals surface area contributed by atoms with Crippen molar-refractivity contribution < 1.29 is 9.18 Å². The van der Waals surface area contributed by atoms with E-state index in [0.717, 1.165) is 38.4 Å². The van der Waals surface area contributed by atoms with E-state index in [1.54, 1.807) is 6.07 Å².